The second kappa shape index (κ2) is 10.4. The molecule has 2 unspecified atom stereocenters. The Morgan fingerprint density at radius 3 is 1.59 bits per heavy atom. The molecule has 1 spiro atoms. The van der Waals surface area contributed by atoms with Crippen LogP contribution in [0.3, 0.4) is 0 Å². The molecule has 0 aromatic heterocycles. The van der Waals surface area contributed by atoms with Gasteiger partial charge < -0.3 is 18.5 Å². The van der Waals surface area contributed by atoms with Crippen molar-refractivity contribution in [3.63, 3.8) is 0 Å². The van der Waals surface area contributed by atoms with Crippen molar-refractivity contribution in [3.8, 4) is 23.0 Å². The highest BCUT2D eigenvalue weighted by molar-refractivity contribution is 7.45. The molecule has 0 saturated heterocycles. The molecule has 1 heterocycles. The molecule has 0 radical (unpaired) electrons. The SMILES string of the molecule is COc1ccccc1C(C)N(C(C)c1ccccc1OC)P1Oc2cccc3c2C2(CC3)CCc3cccc(c32)O1. The number of hydrogen-bond acceptors (Lipinski definition) is 5. The Morgan fingerprint density at radius 1 is 0.659 bits per heavy atom. The summed E-state index contributed by atoms with van der Waals surface area (Å²) >= 11 is 0. The predicted octanol–water partition coefficient (Wildman–Crippen LogP) is 8.70. The number of nitrogens with zero attached hydrogens (tertiary/aromatic N) is 1. The first kappa shape index (κ1) is 26.4. The lowest BCUT2D eigenvalue weighted by atomic mass is 9.76. The average Bonchev–Trinajstić information content (AvgIpc) is 3.58. The third-order valence-electron chi connectivity index (χ3n) is 9.34. The summed E-state index contributed by atoms with van der Waals surface area (Å²) < 4.78 is 28.3. The molecule has 0 amide bonds. The number of methoxy groups -OCH3 is 2. The number of aryl methyl sites for hydroxylation is 2. The van der Waals surface area contributed by atoms with Gasteiger partial charge in [-0.1, -0.05) is 60.7 Å². The van der Waals surface area contributed by atoms with E-state index in [1.54, 1.807) is 14.2 Å². The van der Waals surface area contributed by atoms with Crippen LogP contribution in [0.1, 0.15) is 72.2 Å². The van der Waals surface area contributed by atoms with Gasteiger partial charge >= 0.3 is 8.53 Å². The second-order valence-electron chi connectivity index (χ2n) is 11.3. The fraction of sp³-hybridized carbons (Fsp3) is 0.314. The van der Waals surface area contributed by atoms with Gasteiger partial charge in [0.25, 0.3) is 0 Å². The maximum Gasteiger partial charge on any atom is 0.385 e. The van der Waals surface area contributed by atoms with Gasteiger partial charge in [0.05, 0.1) is 14.2 Å². The molecular weight excluding hydrogens is 529 g/mol. The third kappa shape index (κ3) is 4.13. The summed E-state index contributed by atoms with van der Waals surface area (Å²) in [5, 5.41) is 0. The Bertz CT molecular complexity index is 1490. The van der Waals surface area contributed by atoms with Gasteiger partial charge in [-0.25, -0.2) is 4.67 Å². The van der Waals surface area contributed by atoms with Crippen LogP contribution < -0.4 is 18.5 Å². The van der Waals surface area contributed by atoms with E-state index in [0.29, 0.717) is 0 Å². The lowest BCUT2D eigenvalue weighted by Crippen LogP contribution is -2.31. The molecule has 0 bridgehead atoms. The minimum atomic E-state index is -1.60. The van der Waals surface area contributed by atoms with Gasteiger partial charge in [-0.15, -0.1) is 0 Å². The first-order chi connectivity index (χ1) is 20.1. The highest BCUT2D eigenvalue weighted by Crippen LogP contribution is 2.64. The monoisotopic (exact) mass is 565 g/mol. The smallest absolute Gasteiger partial charge is 0.385 e. The highest BCUT2D eigenvalue weighted by atomic mass is 31.2. The summed E-state index contributed by atoms with van der Waals surface area (Å²) in [7, 11) is 1.86. The predicted molar refractivity (Wildman–Crippen MR) is 163 cm³/mol. The number of hydrogen-bond donors (Lipinski definition) is 0. The Balaban J connectivity index is 1.42. The first-order valence-electron chi connectivity index (χ1n) is 14.5. The molecule has 4 aromatic rings. The maximum absolute atomic E-state index is 7.12. The van der Waals surface area contributed by atoms with Crippen LogP contribution in [0.15, 0.2) is 84.9 Å². The Labute approximate surface area is 244 Å². The first-order valence-corrected chi connectivity index (χ1v) is 15.6. The number of ether oxygens (including phenoxy) is 2. The van der Waals surface area contributed by atoms with Crippen LogP contribution in [0.2, 0.25) is 0 Å². The van der Waals surface area contributed by atoms with Crippen LogP contribution in [-0.2, 0) is 18.3 Å². The molecular formula is C35H36NO4P. The second-order valence-corrected chi connectivity index (χ2v) is 12.6. The molecule has 0 fully saturated rings. The zero-order valence-electron chi connectivity index (χ0n) is 24.1. The number of para-hydroxylation sites is 2. The quantitative estimate of drug-likeness (QED) is 0.210. The van der Waals surface area contributed by atoms with Crippen LogP contribution >= 0.6 is 8.53 Å². The lowest BCUT2D eigenvalue weighted by molar-refractivity contribution is 0.236. The molecule has 0 saturated carbocycles. The molecule has 210 valence electrons. The molecule has 4 aromatic carbocycles. The Hall–Kier alpha value is -3.53. The highest BCUT2D eigenvalue weighted by Gasteiger charge is 2.51. The largest absolute Gasteiger partial charge is 0.496 e. The topological polar surface area (TPSA) is 40.2 Å². The molecule has 3 aliphatic rings. The van der Waals surface area contributed by atoms with Crippen molar-refractivity contribution in [2.45, 2.75) is 57.0 Å². The summed E-state index contributed by atoms with van der Waals surface area (Å²) in [6, 6.07) is 29.4. The molecule has 6 heteroatoms. The van der Waals surface area contributed by atoms with Gasteiger partial charge in [-0.2, -0.15) is 0 Å². The van der Waals surface area contributed by atoms with Crippen molar-refractivity contribution in [2.75, 3.05) is 14.2 Å². The van der Waals surface area contributed by atoms with Crippen LogP contribution in [0, 0.1) is 0 Å². The van der Waals surface area contributed by atoms with Crippen LogP contribution in [0.4, 0.5) is 0 Å². The van der Waals surface area contributed by atoms with Crippen molar-refractivity contribution in [1.82, 2.24) is 4.67 Å². The minimum Gasteiger partial charge on any atom is -0.496 e. The number of rotatable bonds is 7. The van der Waals surface area contributed by atoms with E-state index in [4.69, 9.17) is 18.5 Å². The summed E-state index contributed by atoms with van der Waals surface area (Å²) in [6.07, 6.45) is 4.34. The summed E-state index contributed by atoms with van der Waals surface area (Å²) in [5.74, 6) is 3.61. The van der Waals surface area contributed by atoms with Crippen molar-refractivity contribution in [1.29, 1.82) is 0 Å². The minimum absolute atomic E-state index is 0.0351. The maximum atomic E-state index is 7.12. The van der Waals surface area contributed by atoms with E-state index >= 15 is 0 Å². The molecule has 2 aliphatic carbocycles. The van der Waals surface area contributed by atoms with Crippen molar-refractivity contribution in [2.24, 2.45) is 0 Å². The summed E-state index contributed by atoms with van der Waals surface area (Å²) in [6.45, 7) is 4.43. The van der Waals surface area contributed by atoms with Crippen molar-refractivity contribution in [3.05, 3.63) is 118 Å². The fourth-order valence-electron chi connectivity index (χ4n) is 7.46. The van der Waals surface area contributed by atoms with Gasteiger partial charge in [0, 0.05) is 39.8 Å². The molecule has 7 rings (SSSR count). The van der Waals surface area contributed by atoms with E-state index in [9.17, 15) is 0 Å². The van der Waals surface area contributed by atoms with E-state index in [-0.39, 0.29) is 17.5 Å². The standard InChI is InChI=1S/C35H36NO4P/c1-23(27-13-5-7-15-29(27)37-3)36(24(2)28-14-6-8-16-30(28)38-4)41-39-31-17-9-11-25-19-21-35(33(25)31)22-20-26-12-10-18-32(40-41)34(26)35/h5-18,23-24H,19-22H2,1-4H3. The molecule has 2 atom stereocenters. The van der Waals surface area contributed by atoms with Gasteiger partial charge in [0.2, 0.25) is 0 Å². The van der Waals surface area contributed by atoms with Gasteiger partial charge in [0.15, 0.2) is 0 Å². The van der Waals surface area contributed by atoms with E-state index in [2.05, 4.69) is 79.2 Å². The summed E-state index contributed by atoms with van der Waals surface area (Å²) in [5.41, 5.74) is 7.69. The normalized spacial score (nSPS) is 17.9. The molecule has 1 aliphatic heterocycles. The van der Waals surface area contributed by atoms with Crippen molar-refractivity contribution < 1.29 is 18.5 Å². The fourth-order valence-corrected chi connectivity index (χ4v) is 9.14. The van der Waals surface area contributed by atoms with E-state index < -0.39 is 8.53 Å². The Kier molecular flexibility index (Phi) is 6.68. The lowest BCUT2D eigenvalue weighted by Gasteiger charge is -2.41. The van der Waals surface area contributed by atoms with E-state index in [1.165, 1.54) is 22.3 Å². The third-order valence-corrected chi connectivity index (χ3v) is 11.1. The van der Waals surface area contributed by atoms with Gasteiger partial charge in [0.1, 0.15) is 23.0 Å². The molecule has 0 N–H and O–H groups in total. The van der Waals surface area contributed by atoms with E-state index in [1.807, 2.05) is 24.3 Å². The zero-order valence-corrected chi connectivity index (χ0v) is 25.0. The number of benzene rings is 4. The molecule has 5 nitrogen and oxygen atoms in total. The van der Waals surface area contributed by atoms with Crippen molar-refractivity contribution >= 4 is 8.53 Å². The average molecular weight is 566 g/mol. The van der Waals surface area contributed by atoms with Crippen LogP contribution in [-0.4, -0.2) is 18.9 Å². The Morgan fingerprint density at radius 2 is 1.12 bits per heavy atom. The molecule has 41 heavy (non-hydrogen) atoms. The van der Waals surface area contributed by atoms with Gasteiger partial charge in [-0.3, -0.25) is 0 Å². The summed E-state index contributed by atoms with van der Waals surface area (Å²) in [4.78, 5) is 0. The van der Waals surface area contributed by atoms with Crippen LogP contribution in [0.5, 0.6) is 23.0 Å². The van der Waals surface area contributed by atoms with Crippen LogP contribution in [0.25, 0.3) is 0 Å². The van der Waals surface area contributed by atoms with Gasteiger partial charge in [-0.05, 0) is 74.9 Å². The van der Waals surface area contributed by atoms with E-state index in [0.717, 1.165) is 59.8 Å². The zero-order chi connectivity index (χ0) is 28.1.